The Hall–Kier alpha value is -4.26. The van der Waals surface area contributed by atoms with Gasteiger partial charge in [-0.1, -0.05) is 12.1 Å². The van der Waals surface area contributed by atoms with Crippen molar-refractivity contribution in [1.29, 1.82) is 0 Å². The second-order valence-electron chi connectivity index (χ2n) is 6.99. The van der Waals surface area contributed by atoms with E-state index >= 15 is 0 Å². The van der Waals surface area contributed by atoms with Crippen LogP contribution in [0.3, 0.4) is 0 Å². The lowest BCUT2D eigenvalue weighted by molar-refractivity contribution is 0.0945. The van der Waals surface area contributed by atoms with Gasteiger partial charge in [-0.2, -0.15) is 5.10 Å². The highest BCUT2D eigenvalue weighted by molar-refractivity contribution is 6.05. The Balaban J connectivity index is 1.47. The first-order valence-corrected chi connectivity index (χ1v) is 9.74. The average molecular weight is 413 g/mol. The molecule has 0 aliphatic carbocycles. The molecule has 3 aromatic heterocycles. The smallest absolute Gasteiger partial charge is 0.255 e. The van der Waals surface area contributed by atoms with Crippen LogP contribution in [0.25, 0.3) is 34.0 Å². The predicted octanol–water partition coefficient (Wildman–Crippen LogP) is 5.01. The molecule has 7 heteroatoms. The molecular formula is C24H19N3O4. The van der Waals surface area contributed by atoms with Crippen molar-refractivity contribution in [3.8, 4) is 5.75 Å². The zero-order chi connectivity index (χ0) is 21.2. The van der Waals surface area contributed by atoms with Crippen LogP contribution in [-0.2, 0) is 6.54 Å². The number of aromatic nitrogens is 2. The summed E-state index contributed by atoms with van der Waals surface area (Å²) in [6, 6.07) is 15.0. The SMILES string of the molecule is COc1c(C(=O)NCc2ccco2)ccc2[nH]nc(/C=C/c3ccc4occc4c3)c12. The van der Waals surface area contributed by atoms with E-state index in [4.69, 9.17) is 13.6 Å². The van der Waals surface area contributed by atoms with Crippen molar-refractivity contribution in [2.75, 3.05) is 7.11 Å². The summed E-state index contributed by atoms with van der Waals surface area (Å²) >= 11 is 0. The minimum atomic E-state index is -0.253. The molecule has 0 unspecified atom stereocenters. The number of aromatic amines is 1. The Morgan fingerprint density at radius 3 is 2.90 bits per heavy atom. The van der Waals surface area contributed by atoms with Crippen LogP contribution in [0, 0.1) is 0 Å². The molecule has 154 valence electrons. The third-order valence-electron chi connectivity index (χ3n) is 5.07. The van der Waals surface area contributed by atoms with Crippen LogP contribution >= 0.6 is 0 Å². The number of nitrogens with zero attached hydrogens (tertiary/aromatic N) is 1. The number of furan rings is 2. The molecule has 2 aromatic carbocycles. The summed E-state index contributed by atoms with van der Waals surface area (Å²) in [5.41, 5.74) is 3.74. The quantitative estimate of drug-likeness (QED) is 0.408. The van der Waals surface area contributed by atoms with Crippen molar-refractivity contribution < 1.29 is 18.4 Å². The van der Waals surface area contributed by atoms with Crippen molar-refractivity contribution in [3.63, 3.8) is 0 Å². The molecule has 0 fully saturated rings. The first-order chi connectivity index (χ1) is 15.2. The van der Waals surface area contributed by atoms with E-state index in [-0.39, 0.29) is 5.91 Å². The van der Waals surface area contributed by atoms with Gasteiger partial charge in [0.15, 0.2) is 0 Å². The van der Waals surface area contributed by atoms with Crippen LogP contribution in [0.15, 0.2) is 69.9 Å². The number of carbonyl (C=O) groups is 1. The number of ether oxygens (including phenoxy) is 1. The molecule has 1 amide bonds. The fourth-order valence-corrected chi connectivity index (χ4v) is 3.56. The number of rotatable bonds is 6. The van der Waals surface area contributed by atoms with Gasteiger partial charge >= 0.3 is 0 Å². The molecule has 5 aromatic rings. The summed E-state index contributed by atoms with van der Waals surface area (Å²) in [4.78, 5) is 12.8. The molecule has 0 saturated heterocycles. The molecule has 0 radical (unpaired) electrons. The van der Waals surface area contributed by atoms with Crippen LogP contribution in [0.1, 0.15) is 27.4 Å². The highest BCUT2D eigenvalue weighted by atomic mass is 16.5. The molecular weight excluding hydrogens is 394 g/mol. The Morgan fingerprint density at radius 2 is 2.06 bits per heavy atom. The van der Waals surface area contributed by atoms with Crippen molar-refractivity contribution >= 4 is 39.9 Å². The number of nitrogens with one attached hydrogen (secondary N) is 2. The number of methoxy groups -OCH3 is 1. The number of hydrogen-bond donors (Lipinski definition) is 2. The number of hydrogen-bond acceptors (Lipinski definition) is 5. The molecule has 0 atom stereocenters. The van der Waals surface area contributed by atoms with Gasteiger partial charge in [-0.3, -0.25) is 9.89 Å². The van der Waals surface area contributed by atoms with Crippen LogP contribution in [0.5, 0.6) is 5.75 Å². The minimum absolute atomic E-state index is 0.253. The van der Waals surface area contributed by atoms with Crippen molar-refractivity contribution in [2.45, 2.75) is 6.54 Å². The maximum Gasteiger partial charge on any atom is 0.255 e. The zero-order valence-electron chi connectivity index (χ0n) is 16.7. The van der Waals surface area contributed by atoms with Crippen molar-refractivity contribution in [1.82, 2.24) is 15.5 Å². The van der Waals surface area contributed by atoms with E-state index in [0.717, 1.165) is 27.4 Å². The average Bonchev–Trinajstić information content (AvgIpc) is 3.55. The largest absolute Gasteiger partial charge is 0.495 e. The Bertz CT molecular complexity index is 1390. The summed E-state index contributed by atoms with van der Waals surface area (Å²) in [6.45, 7) is 0.293. The normalized spacial score (nSPS) is 11.5. The van der Waals surface area contributed by atoms with Gasteiger partial charge in [0.1, 0.15) is 17.1 Å². The van der Waals surface area contributed by atoms with E-state index < -0.39 is 0 Å². The highest BCUT2D eigenvalue weighted by Crippen LogP contribution is 2.32. The molecule has 3 heterocycles. The standard InChI is InChI=1S/C24H19N3O4/c1-29-23-18(24(28)25-14-17-3-2-11-30-17)6-8-20-22(23)19(26-27-20)7-4-15-5-9-21-16(13-15)10-12-31-21/h2-13H,14H2,1H3,(H,25,28)(H,26,27)/b7-4+. The molecule has 0 spiro atoms. The molecule has 0 saturated carbocycles. The summed E-state index contributed by atoms with van der Waals surface area (Å²) < 4.78 is 16.3. The second kappa shape index (κ2) is 7.87. The number of H-pyrrole nitrogens is 1. The van der Waals surface area contributed by atoms with Gasteiger partial charge in [-0.15, -0.1) is 0 Å². The summed E-state index contributed by atoms with van der Waals surface area (Å²) in [7, 11) is 1.55. The van der Waals surface area contributed by atoms with Crippen LogP contribution in [-0.4, -0.2) is 23.2 Å². The van der Waals surface area contributed by atoms with Gasteiger partial charge < -0.3 is 18.9 Å². The molecule has 0 bridgehead atoms. The van der Waals surface area contributed by atoms with Crippen LogP contribution in [0.4, 0.5) is 0 Å². The third kappa shape index (κ3) is 3.57. The lowest BCUT2D eigenvalue weighted by Crippen LogP contribution is -2.23. The predicted molar refractivity (Wildman–Crippen MR) is 118 cm³/mol. The van der Waals surface area contributed by atoms with Crippen molar-refractivity contribution in [2.24, 2.45) is 0 Å². The molecule has 31 heavy (non-hydrogen) atoms. The van der Waals surface area contributed by atoms with Gasteiger partial charge in [0, 0.05) is 5.39 Å². The number of fused-ring (bicyclic) bond motifs is 2. The summed E-state index contributed by atoms with van der Waals surface area (Å²) in [5.74, 6) is 0.889. The monoisotopic (exact) mass is 413 g/mol. The number of amides is 1. The Labute approximate surface area is 177 Å². The molecule has 2 N–H and O–H groups in total. The topological polar surface area (TPSA) is 93.3 Å². The maximum atomic E-state index is 12.8. The first-order valence-electron chi connectivity index (χ1n) is 9.74. The van der Waals surface area contributed by atoms with Crippen LogP contribution in [0.2, 0.25) is 0 Å². The van der Waals surface area contributed by atoms with Gasteiger partial charge in [0.25, 0.3) is 5.91 Å². The lowest BCUT2D eigenvalue weighted by atomic mass is 10.1. The van der Waals surface area contributed by atoms with E-state index in [9.17, 15) is 4.79 Å². The third-order valence-corrected chi connectivity index (χ3v) is 5.07. The van der Waals surface area contributed by atoms with E-state index in [1.807, 2.05) is 42.5 Å². The maximum absolute atomic E-state index is 12.8. The molecule has 5 rings (SSSR count). The van der Waals surface area contributed by atoms with E-state index in [1.165, 1.54) is 0 Å². The summed E-state index contributed by atoms with van der Waals surface area (Å²) in [5, 5.41) is 12.0. The van der Waals surface area contributed by atoms with Gasteiger partial charge in [-0.05, 0) is 54.1 Å². The summed E-state index contributed by atoms with van der Waals surface area (Å²) in [6.07, 6.45) is 7.10. The number of benzene rings is 2. The van der Waals surface area contributed by atoms with E-state index in [2.05, 4.69) is 15.5 Å². The van der Waals surface area contributed by atoms with Gasteiger partial charge in [0.2, 0.25) is 0 Å². The number of carbonyl (C=O) groups excluding carboxylic acids is 1. The fourth-order valence-electron chi connectivity index (χ4n) is 3.56. The lowest BCUT2D eigenvalue weighted by Gasteiger charge is -2.10. The second-order valence-corrected chi connectivity index (χ2v) is 6.99. The van der Waals surface area contributed by atoms with Crippen LogP contribution < -0.4 is 10.1 Å². The highest BCUT2D eigenvalue weighted by Gasteiger charge is 2.19. The van der Waals surface area contributed by atoms with E-state index in [1.54, 1.807) is 37.8 Å². The first kappa shape index (κ1) is 18.7. The van der Waals surface area contributed by atoms with Crippen molar-refractivity contribution in [3.05, 3.63) is 83.6 Å². The zero-order valence-corrected chi connectivity index (χ0v) is 16.7. The molecule has 0 aliphatic rings. The van der Waals surface area contributed by atoms with Gasteiger partial charge in [-0.25, -0.2) is 0 Å². The Morgan fingerprint density at radius 1 is 1.13 bits per heavy atom. The Kier molecular flexibility index (Phi) is 4.76. The molecule has 0 aliphatic heterocycles. The molecule has 7 nitrogen and oxygen atoms in total. The van der Waals surface area contributed by atoms with Gasteiger partial charge in [0.05, 0.1) is 48.3 Å². The fraction of sp³-hybridized carbons (Fsp3) is 0.0833. The van der Waals surface area contributed by atoms with E-state index in [0.29, 0.717) is 29.3 Å². The minimum Gasteiger partial charge on any atom is -0.495 e.